The molecule has 1 aromatic carbocycles. The number of para-hydroxylation sites is 1. The van der Waals surface area contributed by atoms with Gasteiger partial charge >= 0.3 is 0 Å². The minimum Gasteiger partial charge on any atom is -0.508 e. The van der Waals surface area contributed by atoms with Crippen LogP contribution in [0, 0.1) is 5.92 Å². The molecule has 0 atom stereocenters. The molecule has 1 N–H and O–H groups in total. The van der Waals surface area contributed by atoms with Crippen LogP contribution in [-0.2, 0) is 16.6 Å². The van der Waals surface area contributed by atoms with Crippen LogP contribution in [0.2, 0.25) is 0 Å². The second-order valence-electron chi connectivity index (χ2n) is 5.67. The largest absolute Gasteiger partial charge is 0.508 e. The maximum atomic E-state index is 12.4. The summed E-state index contributed by atoms with van der Waals surface area (Å²) in [6.45, 7) is 0.224. The van der Waals surface area contributed by atoms with E-state index in [0.29, 0.717) is 11.5 Å². The highest BCUT2D eigenvalue weighted by Crippen LogP contribution is 2.26. The molecule has 0 aromatic heterocycles. The van der Waals surface area contributed by atoms with Crippen molar-refractivity contribution in [2.45, 2.75) is 38.6 Å². The number of aromatic hydroxyl groups is 1. The number of sulfonamides is 1. The lowest BCUT2D eigenvalue weighted by Gasteiger charge is -2.24. The molecule has 0 saturated heterocycles. The van der Waals surface area contributed by atoms with Gasteiger partial charge < -0.3 is 5.11 Å². The molecule has 0 radical (unpaired) electrons. The molecule has 20 heavy (non-hydrogen) atoms. The summed E-state index contributed by atoms with van der Waals surface area (Å²) in [5, 5.41) is 9.73. The van der Waals surface area contributed by atoms with Gasteiger partial charge in [-0.05, 0) is 24.8 Å². The SMILES string of the molecule is CN(Cc1ccccc1O)S(=O)(=O)CC1CCCCC1. The van der Waals surface area contributed by atoms with Crippen molar-refractivity contribution in [1.82, 2.24) is 4.31 Å². The molecule has 0 amide bonds. The third kappa shape index (κ3) is 3.96. The number of rotatable bonds is 5. The maximum Gasteiger partial charge on any atom is 0.214 e. The number of phenolic OH excluding ortho intramolecular Hbond substituents is 1. The van der Waals surface area contributed by atoms with Gasteiger partial charge in [-0.2, -0.15) is 0 Å². The fourth-order valence-corrected chi connectivity index (χ4v) is 4.28. The summed E-state index contributed by atoms with van der Waals surface area (Å²) in [6, 6.07) is 6.87. The van der Waals surface area contributed by atoms with Crippen LogP contribution in [0.1, 0.15) is 37.7 Å². The van der Waals surface area contributed by atoms with Crippen molar-refractivity contribution in [3.8, 4) is 5.75 Å². The van der Waals surface area contributed by atoms with Crippen molar-refractivity contribution in [3.63, 3.8) is 0 Å². The van der Waals surface area contributed by atoms with Gasteiger partial charge in [-0.25, -0.2) is 12.7 Å². The Labute approximate surface area is 121 Å². The summed E-state index contributed by atoms with van der Waals surface area (Å²) in [5.41, 5.74) is 0.641. The van der Waals surface area contributed by atoms with Crippen LogP contribution in [-0.4, -0.2) is 30.6 Å². The first-order valence-corrected chi connectivity index (χ1v) is 8.81. The van der Waals surface area contributed by atoms with Crippen molar-refractivity contribution in [2.75, 3.05) is 12.8 Å². The molecule has 1 saturated carbocycles. The molecule has 1 aliphatic carbocycles. The Hall–Kier alpha value is -1.07. The lowest BCUT2D eigenvalue weighted by Crippen LogP contribution is -2.32. The van der Waals surface area contributed by atoms with Gasteiger partial charge in [0.15, 0.2) is 0 Å². The van der Waals surface area contributed by atoms with E-state index < -0.39 is 10.0 Å². The first-order valence-electron chi connectivity index (χ1n) is 7.20. The molecule has 0 unspecified atom stereocenters. The van der Waals surface area contributed by atoms with Crippen LogP contribution >= 0.6 is 0 Å². The fraction of sp³-hybridized carbons (Fsp3) is 0.600. The van der Waals surface area contributed by atoms with Gasteiger partial charge in [0.2, 0.25) is 10.0 Å². The molecule has 1 aliphatic rings. The molecule has 0 heterocycles. The third-order valence-electron chi connectivity index (χ3n) is 4.03. The van der Waals surface area contributed by atoms with Gasteiger partial charge in [0.05, 0.1) is 5.75 Å². The summed E-state index contributed by atoms with van der Waals surface area (Å²) in [7, 11) is -1.66. The molecule has 4 nitrogen and oxygen atoms in total. The monoisotopic (exact) mass is 297 g/mol. The minimum atomic E-state index is -3.25. The minimum absolute atomic E-state index is 0.146. The van der Waals surface area contributed by atoms with E-state index >= 15 is 0 Å². The second kappa shape index (κ2) is 6.59. The van der Waals surface area contributed by atoms with Crippen LogP contribution < -0.4 is 0 Å². The van der Waals surface area contributed by atoms with E-state index in [1.165, 1.54) is 10.7 Å². The Morgan fingerprint density at radius 1 is 1.20 bits per heavy atom. The Kier molecular flexibility index (Phi) is 5.05. The number of hydrogen-bond acceptors (Lipinski definition) is 3. The quantitative estimate of drug-likeness (QED) is 0.909. The van der Waals surface area contributed by atoms with E-state index in [1.807, 2.05) is 0 Å². The van der Waals surface area contributed by atoms with E-state index in [2.05, 4.69) is 0 Å². The highest BCUT2D eigenvalue weighted by molar-refractivity contribution is 7.89. The van der Waals surface area contributed by atoms with Gasteiger partial charge in [-0.15, -0.1) is 0 Å². The van der Waals surface area contributed by atoms with E-state index in [9.17, 15) is 13.5 Å². The van der Waals surface area contributed by atoms with Crippen LogP contribution in [0.5, 0.6) is 5.75 Å². The zero-order valence-electron chi connectivity index (χ0n) is 12.0. The van der Waals surface area contributed by atoms with Crippen LogP contribution in [0.4, 0.5) is 0 Å². The van der Waals surface area contributed by atoms with Gasteiger partial charge in [0.1, 0.15) is 5.75 Å². The number of phenols is 1. The normalized spacial score (nSPS) is 17.5. The Morgan fingerprint density at radius 3 is 2.50 bits per heavy atom. The zero-order chi connectivity index (χ0) is 14.6. The first-order chi connectivity index (χ1) is 9.49. The molecule has 1 aromatic rings. The molecular weight excluding hydrogens is 274 g/mol. The third-order valence-corrected chi connectivity index (χ3v) is 6.00. The lowest BCUT2D eigenvalue weighted by molar-refractivity contribution is 0.373. The van der Waals surface area contributed by atoms with Gasteiger partial charge in [0, 0.05) is 19.2 Å². The summed E-state index contributed by atoms with van der Waals surface area (Å²) in [4.78, 5) is 0. The summed E-state index contributed by atoms with van der Waals surface area (Å²) < 4.78 is 26.1. The van der Waals surface area contributed by atoms with Gasteiger partial charge in [-0.3, -0.25) is 0 Å². The number of benzene rings is 1. The van der Waals surface area contributed by atoms with Crippen molar-refractivity contribution >= 4 is 10.0 Å². The topological polar surface area (TPSA) is 57.6 Å². The van der Waals surface area contributed by atoms with E-state index in [0.717, 1.165) is 25.7 Å². The Balaban J connectivity index is 1.99. The molecular formula is C15H23NO3S. The van der Waals surface area contributed by atoms with Crippen LogP contribution in [0.15, 0.2) is 24.3 Å². The molecule has 0 spiro atoms. The van der Waals surface area contributed by atoms with E-state index in [-0.39, 0.29) is 18.0 Å². The van der Waals surface area contributed by atoms with Crippen LogP contribution in [0.25, 0.3) is 0 Å². The predicted molar refractivity (Wildman–Crippen MR) is 79.9 cm³/mol. The number of hydrogen-bond donors (Lipinski definition) is 1. The van der Waals surface area contributed by atoms with Crippen molar-refractivity contribution in [1.29, 1.82) is 0 Å². The smallest absolute Gasteiger partial charge is 0.214 e. The van der Waals surface area contributed by atoms with Gasteiger partial charge in [0.25, 0.3) is 0 Å². The predicted octanol–water partition coefficient (Wildman–Crippen LogP) is 2.73. The highest BCUT2D eigenvalue weighted by atomic mass is 32.2. The van der Waals surface area contributed by atoms with Crippen molar-refractivity contribution in [2.24, 2.45) is 5.92 Å². The summed E-state index contributed by atoms with van der Waals surface area (Å²) >= 11 is 0. The van der Waals surface area contributed by atoms with Gasteiger partial charge in [-0.1, -0.05) is 37.5 Å². The molecule has 0 bridgehead atoms. The first kappa shape index (κ1) is 15.3. The Bertz CT molecular complexity index is 536. The molecule has 5 heteroatoms. The molecule has 0 aliphatic heterocycles. The van der Waals surface area contributed by atoms with E-state index in [4.69, 9.17) is 0 Å². The lowest BCUT2D eigenvalue weighted by atomic mass is 9.91. The molecule has 112 valence electrons. The average Bonchev–Trinajstić information content (AvgIpc) is 2.42. The van der Waals surface area contributed by atoms with Crippen molar-refractivity contribution < 1.29 is 13.5 Å². The summed E-state index contributed by atoms with van der Waals surface area (Å²) in [5.74, 6) is 0.671. The molecule has 1 fully saturated rings. The van der Waals surface area contributed by atoms with Crippen molar-refractivity contribution in [3.05, 3.63) is 29.8 Å². The van der Waals surface area contributed by atoms with E-state index in [1.54, 1.807) is 31.3 Å². The summed E-state index contributed by atoms with van der Waals surface area (Å²) in [6.07, 6.45) is 5.55. The maximum absolute atomic E-state index is 12.4. The number of nitrogens with zero attached hydrogens (tertiary/aromatic N) is 1. The second-order valence-corrected chi connectivity index (χ2v) is 7.79. The zero-order valence-corrected chi connectivity index (χ0v) is 12.8. The van der Waals surface area contributed by atoms with Crippen LogP contribution in [0.3, 0.4) is 0 Å². The highest BCUT2D eigenvalue weighted by Gasteiger charge is 2.25. The average molecular weight is 297 g/mol. The Morgan fingerprint density at radius 2 is 1.85 bits per heavy atom. The standard InChI is InChI=1S/C15H23NO3S/c1-16(11-14-9-5-6-10-15(14)17)20(18,19)12-13-7-3-2-4-8-13/h5-6,9-10,13,17H,2-4,7-8,11-12H2,1H3. The molecule has 2 rings (SSSR count). The fourth-order valence-electron chi connectivity index (χ4n) is 2.76.